The zero-order valence-electron chi connectivity index (χ0n) is 12.6. The predicted molar refractivity (Wildman–Crippen MR) is 91.5 cm³/mol. The van der Waals surface area contributed by atoms with E-state index >= 15 is 0 Å². The molecule has 0 aliphatic carbocycles. The number of hydrogen-bond donors (Lipinski definition) is 0. The Morgan fingerprint density at radius 1 is 1.17 bits per heavy atom. The van der Waals surface area contributed by atoms with Gasteiger partial charge in [0.2, 0.25) is 0 Å². The van der Waals surface area contributed by atoms with E-state index in [0.717, 1.165) is 22.2 Å². The van der Waals surface area contributed by atoms with E-state index in [9.17, 15) is 9.18 Å². The van der Waals surface area contributed by atoms with Gasteiger partial charge in [-0.15, -0.1) is 0 Å². The number of thiazole rings is 1. The van der Waals surface area contributed by atoms with Crippen molar-refractivity contribution in [1.29, 1.82) is 0 Å². The van der Waals surface area contributed by atoms with Crippen LogP contribution in [0.3, 0.4) is 0 Å². The smallest absolute Gasteiger partial charge is 0.267 e. The number of halogens is 1. The third-order valence-corrected chi connectivity index (χ3v) is 4.97. The highest BCUT2D eigenvalue weighted by atomic mass is 32.1. The van der Waals surface area contributed by atoms with Crippen LogP contribution in [0.25, 0.3) is 22.1 Å². The molecule has 0 aliphatic rings. The van der Waals surface area contributed by atoms with E-state index in [4.69, 9.17) is 0 Å². The van der Waals surface area contributed by atoms with Gasteiger partial charge in [-0.05, 0) is 60.9 Å². The summed E-state index contributed by atoms with van der Waals surface area (Å²) < 4.78 is 15.5. The average Bonchev–Trinajstić information content (AvgIpc) is 2.97. The molecule has 0 saturated heterocycles. The minimum atomic E-state index is -0.316. The largest absolute Gasteiger partial charge is 0.274 e. The molecule has 0 fully saturated rings. The summed E-state index contributed by atoms with van der Waals surface area (Å²) in [6.45, 7) is 4.05. The molecule has 0 radical (unpaired) electrons. The topological polar surface area (TPSA) is 34.4 Å². The molecule has 4 rings (SSSR count). The van der Waals surface area contributed by atoms with E-state index in [0.29, 0.717) is 15.1 Å². The lowest BCUT2D eigenvalue weighted by molar-refractivity contribution is 0.627. The summed E-state index contributed by atoms with van der Waals surface area (Å²) in [4.78, 5) is 17.9. The lowest BCUT2D eigenvalue weighted by atomic mass is 10.1. The van der Waals surface area contributed by atoms with Crippen LogP contribution in [0.5, 0.6) is 0 Å². The molecule has 114 valence electrons. The molecule has 2 heterocycles. The van der Waals surface area contributed by atoms with Crippen molar-refractivity contribution in [3.63, 3.8) is 0 Å². The SMILES string of the molecule is Cc1cc2nc3s/c(=C\c4cccc(F)c4)c(=O)n3c2cc1C. The number of rotatable bonds is 1. The Bertz CT molecular complexity index is 1170. The molecule has 0 aliphatic heterocycles. The third-order valence-electron chi connectivity index (χ3n) is 4.00. The molecule has 0 saturated carbocycles. The molecule has 3 nitrogen and oxygen atoms in total. The summed E-state index contributed by atoms with van der Waals surface area (Å²) >= 11 is 1.32. The van der Waals surface area contributed by atoms with Crippen molar-refractivity contribution in [2.75, 3.05) is 0 Å². The minimum Gasteiger partial charge on any atom is -0.267 e. The summed E-state index contributed by atoms with van der Waals surface area (Å²) in [6.07, 6.45) is 1.71. The van der Waals surface area contributed by atoms with Gasteiger partial charge in [-0.2, -0.15) is 0 Å². The number of aromatic nitrogens is 2. The van der Waals surface area contributed by atoms with Crippen LogP contribution in [0.15, 0.2) is 41.2 Å². The van der Waals surface area contributed by atoms with Crippen LogP contribution in [0, 0.1) is 19.7 Å². The van der Waals surface area contributed by atoms with E-state index in [1.165, 1.54) is 23.5 Å². The fourth-order valence-corrected chi connectivity index (χ4v) is 3.65. The molecule has 5 heteroatoms. The number of fused-ring (bicyclic) bond motifs is 3. The predicted octanol–water partition coefficient (Wildman–Crippen LogP) is 3.21. The maximum atomic E-state index is 13.3. The molecule has 4 aromatic rings. The highest BCUT2D eigenvalue weighted by Gasteiger charge is 2.12. The van der Waals surface area contributed by atoms with Crippen molar-refractivity contribution in [1.82, 2.24) is 9.38 Å². The number of aryl methyl sites for hydroxylation is 2. The van der Waals surface area contributed by atoms with Crippen LogP contribution < -0.4 is 10.1 Å². The number of hydrogen-bond acceptors (Lipinski definition) is 3. The Morgan fingerprint density at radius 2 is 1.96 bits per heavy atom. The molecule has 0 bridgehead atoms. The maximum absolute atomic E-state index is 13.3. The van der Waals surface area contributed by atoms with E-state index < -0.39 is 0 Å². The molecule has 0 atom stereocenters. The number of nitrogens with zero attached hydrogens (tertiary/aromatic N) is 2. The first-order valence-corrected chi connectivity index (χ1v) is 8.04. The lowest BCUT2D eigenvalue weighted by Crippen LogP contribution is -2.22. The second-order valence-corrected chi connectivity index (χ2v) is 6.63. The third kappa shape index (κ3) is 2.24. The van der Waals surface area contributed by atoms with Gasteiger partial charge < -0.3 is 0 Å². The standard InChI is InChI=1S/C18H13FN2OS/c1-10-6-14-15(7-11(10)2)21-17(22)16(23-18(21)20-14)9-12-4-3-5-13(19)8-12/h3-9H,1-2H3/b16-9-. The first-order valence-electron chi connectivity index (χ1n) is 7.22. The van der Waals surface area contributed by atoms with Gasteiger partial charge in [-0.25, -0.2) is 13.8 Å². The van der Waals surface area contributed by atoms with Gasteiger partial charge in [-0.3, -0.25) is 4.79 Å². The average molecular weight is 324 g/mol. The molecule has 2 aromatic heterocycles. The summed E-state index contributed by atoms with van der Waals surface area (Å²) in [7, 11) is 0. The van der Waals surface area contributed by atoms with Crippen molar-refractivity contribution in [2.24, 2.45) is 0 Å². The number of benzene rings is 2. The van der Waals surface area contributed by atoms with E-state index in [1.807, 2.05) is 26.0 Å². The van der Waals surface area contributed by atoms with E-state index in [2.05, 4.69) is 4.98 Å². The summed E-state index contributed by atoms with van der Waals surface area (Å²) in [5.74, 6) is -0.316. The molecule has 23 heavy (non-hydrogen) atoms. The molecule has 0 unspecified atom stereocenters. The van der Waals surface area contributed by atoms with E-state index in [1.54, 1.807) is 22.6 Å². The second kappa shape index (κ2) is 4.99. The normalized spacial score (nSPS) is 12.6. The summed E-state index contributed by atoms with van der Waals surface area (Å²) in [5.41, 5.74) is 4.49. The van der Waals surface area contributed by atoms with Crippen LogP contribution in [-0.4, -0.2) is 9.38 Å². The second-order valence-electron chi connectivity index (χ2n) is 5.63. The fourth-order valence-electron chi connectivity index (χ4n) is 2.67. The Balaban J connectivity index is 2.02. The molecular formula is C18H13FN2OS. The molecule has 0 amide bonds. The van der Waals surface area contributed by atoms with Crippen molar-refractivity contribution in [2.45, 2.75) is 13.8 Å². The van der Waals surface area contributed by atoms with Crippen LogP contribution in [0.2, 0.25) is 0 Å². The quantitative estimate of drug-likeness (QED) is 0.539. The van der Waals surface area contributed by atoms with Crippen molar-refractivity contribution in [3.8, 4) is 0 Å². The highest BCUT2D eigenvalue weighted by Crippen LogP contribution is 2.20. The molecule has 0 N–H and O–H groups in total. The van der Waals surface area contributed by atoms with Crippen molar-refractivity contribution < 1.29 is 4.39 Å². The summed E-state index contributed by atoms with van der Waals surface area (Å²) in [5, 5.41) is 0. The zero-order chi connectivity index (χ0) is 16.1. The zero-order valence-corrected chi connectivity index (χ0v) is 13.4. The van der Waals surface area contributed by atoms with Crippen molar-refractivity contribution >= 4 is 33.4 Å². The molecule has 0 spiro atoms. The first-order chi connectivity index (χ1) is 11.0. The Hall–Kier alpha value is -2.53. The Morgan fingerprint density at radius 3 is 2.74 bits per heavy atom. The van der Waals surface area contributed by atoms with Gasteiger partial charge in [0.25, 0.3) is 5.56 Å². The van der Waals surface area contributed by atoms with Gasteiger partial charge in [-0.1, -0.05) is 23.5 Å². The van der Waals surface area contributed by atoms with E-state index in [-0.39, 0.29) is 11.4 Å². The van der Waals surface area contributed by atoms with Crippen molar-refractivity contribution in [3.05, 3.63) is 73.8 Å². The monoisotopic (exact) mass is 324 g/mol. The Labute approximate surface area is 135 Å². The maximum Gasteiger partial charge on any atom is 0.274 e. The van der Waals surface area contributed by atoms with Gasteiger partial charge in [0.05, 0.1) is 15.6 Å². The highest BCUT2D eigenvalue weighted by molar-refractivity contribution is 7.15. The van der Waals surface area contributed by atoms with Gasteiger partial charge in [0, 0.05) is 0 Å². The first kappa shape index (κ1) is 14.1. The molecule has 2 aromatic carbocycles. The summed E-state index contributed by atoms with van der Waals surface area (Å²) in [6, 6.07) is 10.2. The Kier molecular flexibility index (Phi) is 3.06. The van der Waals surface area contributed by atoms with Gasteiger partial charge >= 0.3 is 0 Å². The minimum absolute atomic E-state index is 0.111. The van der Waals surface area contributed by atoms with Gasteiger partial charge in [0.1, 0.15) is 5.82 Å². The van der Waals surface area contributed by atoms with Crippen LogP contribution in [0.1, 0.15) is 16.7 Å². The fraction of sp³-hybridized carbons (Fsp3) is 0.111. The lowest BCUT2D eigenvalue weighted by Gasteiger charge is -1.98. The van der Waals surface area contributed by atoms with Crippen LogP contribution in [0.4, 0.5) is 4.39 Å². The number of imidazole rings is 1. The van der Waals surface area contributed by atoms with Crippen LogP contribution in [-0.2, 0) is 0 Å². The van der Waals surface area contributed by atoms with Crippen LogP contribution >= 0.6 is 11.3 Å². The van der Waals surface area contributed by atoms with Gasteiger partial charge in [0.15, 0.2) is 4.96 Å². The molecular weight excluding hydrogens is 311 g/mol.